The second-order valence-electron chi connectivity index (χ2n) is 1.53. The van der Waals surface area contributed by atoms with Gasteiger partial charge in [0.2, 0.25) is 0 Å². The summed E-state index contributed by atoms with van der Waals surface area (Å²) in [5.74, 6) is 0.102. The number of rotatable bonds is 3. The van der Waals surface area contributed by atoms with Gasteiger partial charge in [0.1, 0.15) is 0 Å². The molecule has 0 atom stereocenters. The van der Waals surface area contributed by atoms with Crippen molar-refractivity contribution in [3.8, 4) is 0 Å². The van der Waals surface area contributed by atoms with E-state index >= 15 is 0 Å². The summed E-state index contributed by atoms with van der Waals surface area (Å²) < 4.78 is 1.85. The van der Waals surface area contributed by atoms with Crippen LogP contribution in [0.5, 0.6) is 0 Å². The van der Waals surface area contributed by atoms with Crippen LogP contribution < -0.4 is 0 Å². The van der Waals surface area contributed by atoms with Gasteiger partial charge in [-0.3, -0.25) is 0 Å². The second kappa shape index (κ2) is 4.57. The standard InChI is InChI=1S/C7H8O.W/c1-4-5-6(2)7(3)8;/h2,4-5H,1H2,3H3;. The molecule has 0 amide bonds. The van der Waals surface area contributed by atoms with Crippen molar-refractivity contribution in [3.05, 3.63) is 24.3 Å². The van der Waals surface area contributed by atoms with Gasteiger partial charge in [-0.2, -0.15) is 0 Å². The van der Waals surface area contributed by atoms with Crippen molar-refractivity contribution in [1.82, 2.24) is 0 Å². The summed E-state index contributed by atoms with van der Waals surface area (Å²) in [6.45, 7) is 5.04. The maximum absolute atomic E-state index is 10.6. The first-order valence-electron chi connectivity index (χ1n) is 2.51. The van der Waals surface area contributed by atoms with Crippen LogP contribution in [0.15, 0.2) is 24.3 Å². The Bertz CT molecular complexity index is 168. The number of hydrogen-bond acceptors (Lipinski definition) is 1. The Kier molecular flexibility index (Phi) is 4.43. The number of Topliss-reactive ketones (excluding diaryl/α,β-unsaturated/α-hetero) is 1. The predicted octanol–water partition coefficient (Wildman–Crippen LogP) is 1.04. The third kappa shape index (κ3) is 3.31. The molecular weight excluding hydrogens is 284 g/mol. The van der Waals surface area contributed by atoms with Crippen molar-refractivity contribution in [2.75, 3.05) is 0 Å². The number of hydrogen-bond donors (Lipinski definition) is 0. The van der Waals surface area contributed by atoms with Gasteiger partial charge in [0.05, 0.1) is 0 Å². The molecule has 0 bridgehead atoms. The fourth-order valence-corrected chi connectivity index (χ4v) is 1.25. The van der Waals surface area contributed by atoms with Gasteiger partial charge in [-0.1, -0.05) is 0 Å². The van der Waals surface area contributed by atoms with E-state index in [-0.39, 0.29) is 5.78 Å². The summed E-state index contributed by atoms with van der Waals surface area (Å²) in [5, 5.41) is 0. The molecule has 0 rings (SSSR count). The van der Waals surface area contributed by atoms with Crippen molar-refractivity contribution in [1.29, 1.82) is 0 Å². The van der Waals surface area contributed by atoms with Crippen molar-refractivity contribution < 1.29 is 24.1 Å². The summed E-state index contributed by atoms with van der Waals surface area (Å²) in [6, 6.07) is 0. The average molecular weight is 292 g/mol. The van der Waals surface area contributed by atoms with E-state index in [4.69, 9.17) is 0 Å². The zero-order chi connectivity index (χ0) is 7.28. The van der Waals surface area contributed by atoms with E-state index in [0.29, 0.717) is 0 Å². The Balaban J connectivity index is 4.32. The van der Waals surface area contributed by atoms with E-state index in [1.54, 1.807) is 19.1 Å². The normalized spacial score (nSPS) is 10.6. The third-order valence-electron chi connectivity index (χ3n) is 0.831. The van der Waals surface area contributed by atoms with Crippen molar-refractivity contribution in [3.63, 3.8) is 0 Å². The molecule has 48 valence electrons. The van der Waals surface area contributed by atoms with Crippen LogP contribution in [0.4, 0.5) is 0 Å². The minimum atomic E-state index is 0.102. The molecule has 0 heterocycles. The summed E-state index contributed by atoms with van der Waals surface area (Å²) in [6.07, 6.45) is 3.34. The third-order valence-corrected chi connectivity index (χ3v) is 1.74. The fraction of sp³-hybridized carbons (Fsp3) is 0.143. The molecule has 0 aromatic heterocycles. The second-order valence-corrected chi connectivity index (χ2v) is 2.38. The molecule has 0 saturated carbocycles. The molecule has 0 aliphatic heterocycles. The van der Waals surface area contributed by atoms with Gasteiger partial charge >= 0.3 is 65.6 Å². The molecule has 1 nitrogen and oxygen atoms in total. The first-order valence-corrected chi connectivity index (χ1v) is 4.20. The molecule has 2 heteroatoms. The summed E-state index contributed by atoms with van der Waals surface area (Å²) in [5.41, 5.74) is 0.750. The number of ketones is 1. The number of carbonyl (C=O) groups excluding carboxylic acids is 1. The van der Waals surface area contributed by atoms with Crippen LogP contribution in [0, 0.1) is 0 Å². The van der Waals surface area contributed by atoms with Gasteiger partial charge in [-0.25, -0.2) is 0 Å². The predicted molar refractivity (Wildman–Crippen MR) is 35.0 cm³/mol. The van der Waals surface area contributed by atoms with Crippen molar-refractivity contribution in [2.45, 2.75) is 6.92 Å². The van der Waals surface area contributed by atoms with Crippen molar-refractivity contribution in [2.24, 2.45) is 0 Å². The average Bonchev–Trinajstić information content (AvgIpc) is 1.82. The van der Waals surface area contributed by atoms with Crippen LogP contribution in [0.1, 0.15) is 6.92 Å². The molecule has 0 spiro atoms. The zero-order valence-electron chi connectivity index (χ0n) is 5.26. The van der Waals surface area contributed by atoms with Crippen LogP contribution in [-0.2, 0) is 24.1 Å². The van der Waals surface area contributed by atoms with Crippen LogP contribution >= 0.6 is 0 Å². The van der Waals surface area contributed by atoms with E-state index < -0.39 is 0 Å². The molecule has 0 aliphatic rings. The quantitative estimate of drug-likeness (QED) is 0.561. The summed E-state index contributed by atoms with van der Waals surface area (Å²) >= 11 is 1.29. The fourth-order valence-electron chi connectivity index (χ4n) is 0.367. The Morgan fingerprint density at radius 1 is 1.67 bits per heavy atom. The van der Waals surface area contributed by atoms with Crippen molar-refractivity contribution >= 4 is 10.2 Å². The summed E-state index contributed by atoms with van der Waals surface area (Å²) in [7, 11) is 0. The molecule has 0 aromatic carbocycles. The number of allylic oxidation sites excluding steroid dienone is 3. The zero-order valence-corrected chi connectivity index (χ0v) is 8.19. The topological polar surface area (TPSA) is 17.1 Å². The maximum atomic E-state index is 10.6. The van der Waals surface area contributed by atoms with E-state index in [1.165, 1.54) is 19.4 Å². The van der Waals surface area contributed by atoms with E-state index in [2.05, 4.69) is 6.58 Å². The van der Waals surface area contributed by atoms with Gasteiger partial charge in [-0.15, -0.1) is 0 Å². The van der Waals surface area contributed by atoms with E-state index in [0.717, 1.165) is 5.57 Å². The van der Waals surface area contributed by atoms with Crippen LogP contribution in [-0.4, -0.2) is 10.2 Å². The molecule has 0 N–H and O–H groups in total. The molecule has 0 unspecified atom stereocenters. The van der Waals surface area contributed by atoms with Gasteiger partial charge in [0.15, 0.2) is 0 Å². The van der Waals surface area contributed by atoms with Gasteiger partial charge < -0.3 is 0 Å². The van der Waals surface area contributed by atoms with Gasteiger partial charge in [0.25, 0.3) is 0 Å². The Hall–Kier alpha value is -0.292. The molecule has 0 fully saturated rings. The van der Waals surface area contributed by atoms with Crippen LogP contribution in [0.25, 0.3) is 0 Å². The molecular formula is C7H8OW. The molecule has 9 heavy (non-hydrogen) atoms. The van der Waals surface area contributed by atoms with Gasteiger partial charge in [0, 0.05) is 0 Å². The minimum absolute atomic E-state index is 0.102. The Morgan fingerprint density at radius 2 is 2.22 bits per heavy atom. The van der Waals surface area contributed by atoms with Gasteiger partial charge in [-0.05, 0) is 0 Å². The van der Waals surface area contributed by atoms with E-state index in [1.807, 2.05) is 4.40 Å². The molecule has 0 aromatic rings. The molecule has 0 aliphatic carbocycles. The SMILES string of the molecule is C=CC=C([CH]=[W])C(C)=O. The van der Waals surface area contributed by atoms with Crippen LogP contribution in [0.2, 0.25) is 0 Å². The first-order chi connectivity index (χ1) is 4.22. The van der Waals surface area contributed by atoms with Crippen LogP contribution in [0.3, 0.4) is 0 Å². The Labute approximate surface area is 65.9 Å². The molecule has 0 saturated heterocycles. The Morgan fingerprint density at radius 3 is 2.33 bits per heavy atom. The number of carbonyl (C=O) groups is 1. The monoisotopic (exact) mass is 292 g/mol. The summed E-state index contributed by atoms with van der Waals surface area (Å²) in [4.78, 5) is 10.6. The van der Waals surface area contributed by atoms with E-state index in [9.17, 15) is 4.79 Å². The first kappa shape index (κ1) is 8.71. The molecule has 0 radical (unpaired) electrons.